The highest BCUT2D eigenvalue weighted by atomic mass is 31.0. The summed E-state index contributed by atoms with van der Waals surface area (Å²) in [5, 5.41) is 18.4. The molecular weight excluding hydrogens is 462 g/mol. The predicted octanol–water partition coefficient (Wildman–Crippen LogP) is 4.01. The molecule has 0 fully saturated rings. The van der Waals surface area contributed by atoms with Crippen LogP contribution in [0.4, 0.5) is 10.1 Å². The maximum absolute atomic E-state index is 13.9. The van der Waals surface area contributed by atoms with Crippen LogP contribution in [-0.2, 0) is 4.79 Å². The van der Waals surface area contributed by atoms with Crippen LogP contribution in [0.15, 0.2) is 84.2 Å². The number of rotatable bonds is 6. The predicted molar refractivity (Wildman–Crippen MR) is 140 cm³/mol. The van der Waals surface area contributed by atoms with Gasteiger partial charge in [-0.3, -0.25) is 9.59 Å². The molecule has 0 saturated carbocycles. The Hall–Kier alpha value is -3.83. The number of carbonyl (C=O) groups is 2. The summed E-state index contributed by atoms with van der Waals surface area (Å²) in [6, 6.07) is 19.9. The van der Waals surface area contributed by atoms with E-state index < -0.39 is 29.6 Å². The van der Waals surface area contributed by atoms with Gasteiger partial charge in [-0.25, -0.2) is 4.39 Å². The van der Waals surface area contributed by atoms with Crippen LogP contribution in [-0.4, -0.2) is 23.6 Å². The van der Waals surface area contributed by atoms with Gasteiger partial charge < -0.3 is 21.4 Å². The minimum atomic E-state index is -1.02. The van der Waals surface area contributed by atoms with Crippen molar-refractivity contribution in [2.45, 2.75) is 25.8 Å². The molecular formula is C27H26FN4O2P. The number of amides is 2. The summed E-state index contributed by atoms with van der Waals surface area (Å²) in [5.41, 5.74) is 3.02. The van der Waals surface area contributed by atoms with Gasteiger partial charge in [0.25, 0.3) is 5.91 Å². The Morgan fingerprint density at radius 3 is 2.37 bits per heavy atom. The van der Waals surface area contributed by atoms with Crippen molar-refractivity contribution in [3.8, 4) is 0 Å². The van der Waals surface area contributed by atoms with Crippen LogP contribution >= 0.6 is 9.24 Å². The SMILES string of the molecule is CC(=N)C1=C(Nc2ccccc2)NC(=O)[C@@H](NC(=O)c2cc(C)cc(F)c2)[C@H]1c1ccc(P)cc1. The second-order valence-corrected chi connectivity index (χ2v) is 9.17. The molecule has 0 bridgehead atoms. The molecule has 3 aromatic rings. The maximum Gasteiger partial charge on any atom is 0.252 e. The molecule has 178 valence electrons. The van der Waals surface area contributed by atoms with Gasteiger partial charge >= 0.3 is 0 Å². The average Bonchev–Trinajstić information content (AvgIpc) is 2.81. The van der Waals surface area contributed by atoms with E-state index >= 15 is 0 Å². The van der Waals surface area contributed by atoms with Gasteiger partial charge in [0, 0.05) is 28.5 Å². The molecule has 3 atom stereocenters. The molecule has 3 aromatic carbocycles. The lowest BCUT2D eigenvalue weighted by Gasteiger charge is -2.36. The second kappa shape index (κ2) is 10.2. The molecule has 0 aromatic heterocycles. The van der Waals surface area contributed by atoms with E-state index in [1.54, 1.807) is 19.9 Å². The van der Waals surface area contributed by atoms with E-state index in [4.69, 9.17) is 5.41 Å². The number of anilines is 1. The van der Waals surface area contributed by atoms with Gasteiger partial charge in [0.2, 0.25) is 5.91 Å². The fraction of sp³-hybridized carbons (Fsp3) is 0.148. The molecule has 4 rings (SSSR count). The first kappa shape index (κ1) is 24.3. The highest BCUT2D eigenvalue weighted by Crippen LogP contribution is 2.34. The Balaban J connectivity index is 1.79. The van der Waals surface area contributed by atoms with Crippen molar-refractivity contribution in [1.29, 1.82) is 5.41 Å². The van der Waals surface area contributed by atoms with E-state index in [9.17, 15) is 14.0 Å². The van der Waals surface area contributed by atoms with Gasteiger partial charge in [-0.05, 0) is 60.6 Å². The quantitative estimate of drug-likeness (QED) is 0.312. The van der Waals surface area contributed by atoms with Gasteiger partial charge in [-0.15, -0.1) is 9.24 Å². The summed E-state index contributed by atoms with van der Waals surface area (Å²) >= 11 is 0. The first-order chi connectivity index (χ1) is 16.7. The number of halogens is 1. The van der Waals surface area contributed by atoms with E-state index in [-0.39, 0.29) is 11.3 Å². The number of aryl methyl sites for hydroxylation is 1. The Kier molecular flexibility index (Phi) is 7.08. The van der Waals surface area contributed by atoms with Crippen LogP contribution in [0.5, 0.6) is 0 Å². The Morgan fingerprint density at radius 1 is 1.06 bits per heavy atom. The van der Waals surface area contributed by atoms with E-state index in [1.807, 2.05) is 54.6 Å². The molecule has 35 heavy (non-hydrogen) atoms. The minimum absolute atomic E-state index is 0.125. The topological polar surface area (TPSA) is 94.1 Å². The summed E-state index contributed by atoms with van der Waals surface area (Å²) in [5.74, 6) is -1.78. The first-order valence-corrected chi connectivity index (χ1v) is 11.7. The van der Waals surface area contributed by atoms with E-state index in [0.29, 0.717) is 17.0 Å². The number of benzene rings is 3. The molecule has 1 unspecified atom stereocenters. The fourth-order valence-electron chi connectivity index (χ4n) is 4.23. The fourth-order valence-corrected chi connectivity index (χ4v) is 4.42. The molecule has 1 heterocycles. The van der Waals surface area contributed by atoms with Gasteiger partial charge in [-0.1, -0.05) is 42.5 Å². The van der Waals surface area contributed by atoms with Crippen LogP contribution in [0.3, 0.4) is 0 Å². The normalized spacial score (nSPS) is 17.5. The lowest BCUT2D eigenvalue weighted by molar-refractivity contribution is -0.123. The first-order valence-electron chi connectivity index (χ1n) is 11.1. The number of nitrogens with one attached hydrogen (secondary N) is 4. The highest BCUT2D eigenvalue weighted by Gasteiger charge is 2.40. The molecule has 0 spiro atoms. The second-order valence-electron chi connectivity index (χ2n) is 8.51. The standard InChI is InChI=1S/C27H26FN4O2P/c1-15-12-18(14-19(28)13-15)26(33)31-24-23(17-8-10-21(35)11-9-17)22(16(2)29)25(32-27(24)34)30-20-6-4-3-5-7-20/h3-14,23-24,29-30H,35H2,1-2H3,(H,31,33)(H,32,34)/t23-,24-/m0/s1. The van der Waals surface area contributed by atoms with Gasteiger partial charge in [0.15, 0.2) is 0 Å². The number of hydrogen-bond acceptors (Lipinski definition) is 4. The van der Waals surface area contributed by atoms with Crippen molar-refractivity contribution in [2.75, 3.05) is 5.32 Å². The molecule has 1 aliphatic rings. The molecule has 0 aliphatic carbocycles. The van der Waals surface area contributed by atoms with Crippen LogP contribution in [0.1, 0.15) is 34.3 Å². The lowest BCUT2D eigenvalue weighted by Crippen LogP contribution is -2.55. The zero-order valence-corrected chi connectivity index (χ0v) is 20.5. The Morgan fingerprint density at radius 2 is 1.74 bits per heavy atom. The van der Waals surface area contributed by atoms with E-state index in [2.05, 4.69) is 25.2 Å². The maximum atomic E-state index is 13.9. The molecule has 1 aliphatic heterocycles. The van der Waals surface area contributed by atoms with Crippen molar-refractivity contribution in [2.24, 2.45) is 0 Å². The molecule has 4 N–H and O–H groups in total. The van der Waals surface area contributed by atoms with Crippen LogP contribution < -0.4 is 21.3 Å². The number of hydrogen-bond donors (Lipinski definition) is 4. The summed E-state index contributed by atoms with van der Waals surface area (Å²) in [7, 11) is 2.61. The zero-order chi connectivity index (χ0) is 25.1. The third-order valence-corrected chi connectivity index (χ3v) is 6.16. The van der Waals surface area contributed by atoms with Crippen molar-refractivity contribution < 1.29 is 14.0 Å². The van der Waals surface area contributed by atoms with Crippen molar-refractivity contribution in [3.05, 3.63) is 107 Å². The molecule has 0 saturated heterocycles. The molecule has 6 nitrogen and oxygen atoms in total. The molecule has 8 heteroatoms. The lowest BCUT2D eigenvalue weighted by atomic mass is 9.80. The average molecular weight is 489 g/mol. The summed E-state index contributed by atoms with van der Waals surface area (Å²) in [6.45, 7) is 3.34. The zero-order valence-electron chi connectivity index (χ0n) is 19.4. The smallest absolute Gasteiger partial charge is 0.252 e. The van der Waals surface area contributed by atoms with Gasteiger partial charge in [-0.2, -0.15) is 0 Å². The Labute approximate surface area is 205 Å². The van der Waals surface area contributed by atoms with E-state index in [1.165, 1.54) is 6.07 Å². The van der Waals surface area contributed by atoms with Crippen molar-refractivity contribution in [1.82, 2.24) is 10.6 Å². The van der Waals surface area contributed by atoms with Crippen LogP contribution in [0, 0.1) is 18.2 Å². The highest BCUT2D eigenvalue weighted by molar-refractivity contribution is 7.27. The van der Waals surface area contributed by atoms with Gasteiger partial charge in [0.05, 0.1) is 0 Å². The van der Waals surface area contributed by atoms with Crippen molar-refractivity contribution in [3.63, 3.8) is 0 Å². The third-order valence-electron chi connectivity index (χ3n) is 5.78. The Bertz CT molecular complexity index is 1300. The number of carbonyl (C=O) groups excluding carboxylic acids is 2. The minimum Gasteiger partial charge on any atom is -0.341 e. The largest absolute Gasteiger partial charge is 0.341 e. The van der Waals surface area contributed by atoms with Crippen LogP contribution in [0.25, 0.3) is 0 Å². The summed E-state index contributed by atoms with van der Waals surface area (Å²) in [4.78, 5) is 26.5. The third kappa shape index (κ3) is 5.47. The van der Waals surface area contributed by atoms with E-state index in [0.717, 1.165) is 22.6 Å². The van der Waals surface area contributed by atoms with Gasteiger partial charge in [0.1, 0.15) is 17.7 Å². The van der Waals surface area contributed by atoms with Crippen molar-refractivity contribution >= 4 is 37.8 Å². The monoisotopic (exact) mass is 488 g/mol. The summed E-state index contributed by atoms with van der Waals surface area (Å²) in [6.07, 6.45) is 0. The van der Waals surface area contributed by atoms with Crippen LogP contribution in [0.2, 0.25) is 0 Å². The molecule has 2 amide bonds. The summed E-state index contributed by atoms with van der Waals surface area (Å²) < 4.78 is 13.9. The number of para-hydroxylation sites is 1. The molecule has 0 radical (unpaired) electrons.